The van der Waals surface area contributed by atoms with Crippen molar-refractivity contribution in [1.82, 2.24) is 4.57 Å². The third kappa shape index (κ3) is 2.79. The van der Waals surface area contributed by atoms with E-state index in [9.17, 15) is 0 Å². The van der Waals surface area contributed by atoms with E-state index in [4.69, 9.17) is 11.6 Å². The van der Waals surface area contributed by atoms with Crippen LogP contribution in [0.15, 0.2) is 54.7 Å². The summed E-state index contributed by atoms with van der Waals surface area (Å²) in [6, 6.07) is 17.0. The standard InChI is InChI=1S/C20H20ClN2/c1-15-7-9-17(10-8-15)19-14-22(20-6-3-11-23(19)20)13-16-4-2-5-18(21)12-16/h2,4-5,7-10,12,14H,3,6,11,13H2,1H3/q+1. The molecule has 2 heterocycles. The van der Waals surface area contributed by atoms with E-state index in [1.165, 1.54) is 34.6 Å². The van der Waals surface area contributed by atoms with E-state index >= 15 is 0 Å². The zero-order valence-electron chi connectivity index (χ0n) is 13.3. The van der Waals surface area contributed by atoms with E-state index in [0.29, 0.717) is 0 Å². The first-order valence-corrected chi connectivity index (χ1v) is 8.52. The highest BCUT2D eigenvalue weighted by atomic mass is 35.5. The molecule has 1 aliphatic heterocycles. The second-order valence-corrected chi connectivity index (χ2v) is 6.75. The highest BCUT2D eigenvalue weighted by Gasteiger charge is 2.28. The molecule has 1 aromatic heterocycles. The Bertz CT molecular complexity index is 847. The summed E-state index contributed by atoms with van der Waals surface area (Å²) in [6.45, 7) is 4.12. The third-order valence-electron chi connectivity index (χ3n) is 4.58. The molecule has 2 nitrogen and oxygen atoms in total. The van der Waals surface area contributed by atoms with Crippen LogP contribution in [0.3, 0.4) is 0 Å². The molecule has 0 saturated carbocycles. The van der Waals surface area contributed by atoms with Gasteiger partial charge >= 0.3 is 0 Å². The molecule has 0 radical (unpaired) electrons. The van der Waals surface area contributed by atoms with Crippen LogP contribution in [-0.4, -0.2) is 4.57 Å². The van der Waals surface area contributed by atoms with Gasteiger partial charge in [-0.15, -0.1) is 0 Å². The normalized spacial score (nSPS) is 13.3. The Morgan fingerprint density at radius 1 is 1.13 bits per heavy atom. The van der Waals surface area contributed by atoms with Crippen molar-refractivity contribution in [2.45, 2.75) is 32.9 Å². The molecule has 0 atom stereocenters. The molecule has 0 saturated heterocycles. The summed E-state index contributed by atoms with van der Waals surface area (Å²) in [6.07, 6.45) is 4.66. The molecule has 0 unspecified atom stereocenters. The van der Waals surface area contributed by atoms with Crippen molar-refractivity contribution in [1.29, 1.82) is 0 Å². The molecule has 4 rings (SSSR count). The molecular formula is C20H20ClN2+. The number of benzene rings is 2. The maximum Gasteiger partial charge on any atom is 0.257 e. The number of aryl methyl sites for hydroxylation is 1. The molecule has 0 aliphatic carbocycles. The number of hydrogen-bond acceptors (Lipinski definition) is 0. The van der Waals surface area contributed by atoms with E-state index in [1.54, 1.807) is 0 Å². The lowest BCUT2D eigenvalue weighted by molar-refractivity contribution is -0.694. The molecule has 2 aromatic carbocycles. The Balaban J connectivity index is 1.74. The SMILES string of the molecule is Cc1ccc(-c2c[n+](Cc3cccc(Cl)c3)c3n2CCC3)cc1. The summed E-state index contributed by atoms with van der Waals surface area (Å²) in [7, 11) is 0. The summed E-state index contributed by atoms with van der Waals surface area (Å²) in [4.78, 5) is 0. The van der Waals surface area contributed by atoms with Gasteiger partial charge in [0.1, 0.15) is 12.7 Å². The molecule has 0 amide bonds. The molecule has 0 bridgehead atoms. The van der Waals surface area contributed by atoms with Gasteiger partial charge in [-0.3, -0.25) is 0 Å². The van der Waals surface area contributed by atoms with Gasteiger partial charge in [0, 0.05) is 10.6 Å². The van der Waals surface area contributed by atoms with Crippen LogP contribution in [0.4, 0.5) is 0 Å². The Morgan fingerprint density at radius 2 is 1.96 bits per heavy atom. The number of halogens is 1. The van der Waals surface area contributed by atoms with Gasteiger partial charge in [0.15, 0.2) is 5.69 Å². The van der Waals surface area contributed by atoms with Gasteiger partial charge in [-0.25, -0.2) is 9.13 Å². The van der Waals surface area contributed by atoms with Gasteiger partial charge < -0.3 is 0 Å². The molecule has 1 aliphatic rings. The van der Waals surface area contributed by atoms with Gasteiger partial charge in [0.25, 0.3) is 5.82 Å². The average molecular weight is 324 g/mol. The molecule has 3 aromatic rings. The largest absolute Gasteiger partial charge is 0.257 e. The highest BCUT2D eigenvalue weighted by Crippen LogP contribution is 2.25. The van der Waals surface area contributed by atoms with Crippen molar-refractivity contribution in [3.8, 4) is 11.3 Å². The summed E-state index contributed by atoms with van der Waals surface area (Å²) < 4.78 is 4.85. The van der Waals surface area contributed by atoms with E-state index in [0.717, 1.165) is 24.5 Å². The number of nitrogens with zero attached hydrogens (tertiary/aromatic N) is 2. The monoisotopic (exact) mass is 323 g/mol. The lowest BCUT2D eigenvalue weighted by Crippen LogP contribution is -2.36. The molecule has 0 fully saturated rings. The van der Waals surface area contributed by atoms with Crippen molar-refractivity contribution >= 4 is 11.6 Å². The number of imidazole rings is 1. The Morgan fingerprint density at radius 3 is 2.74 bits per heavy atom. The molecule has 3 heteroatoms. The van der Waals surface area contributed by atoms with Gasteiger partial charge in [0.05, 0.1) is 13.0 Å². The number of hydrogen-bond donors (Lipinski definition) is 0. The summed E-state index contributed by atoms with van der Waals surface area (Å²) in [5, 5.41) is 0.803. The van der Waals surface area contributed by atoms with Crippen molar-refractivity contribution in [3.63, 3.8) is 0 Å². The van der Waals surface area contributed by atoms with Gasteiger partial charge in [0.2, 0.25) is 0 Å². The second-order valence-electron chi connectivity index (χ2n) is 6.31. The molecule has 116 valence electrons. The summed E-state index contributed by atoms with van der Waals surface area (Å²) >= 11 is 6.13. The summed E-state index contributed by atoms with van der Waals surface area (Å²) in [5.74, 6) is 1.42. The number of fused-ring (bicyclic) bond motifs is 1. The fourth-order valence-electron chi connectivity index (χ4n) is 3.43. The predicted molar refractivity (Wildman–Crippen MR) is 93.7 cm³/mol. The lowest BCUT2D eigenvalue weighted by atomic mass is 10.1. The quantitative estimate of drug-likeness (QED) is 0.632. The maximum absolute atomic E-state index is 6.13. The van der Waals surface area contributed by atoms with Gasteiger partial charge in [-0.1, -0.05) is 53.6 Å². The van der Waals surface area contributed by atoms with E-state index < -0.39 is 0 Å². The fourth-order valence-corrected chi connectivity index (χ4v) is 3.65. The topological polar surface area (TPSA) is 8.81 Å². The fraction of sp³-hybridized carbons (Fsp3) is 0.250. The van der Waals surface area contributed by atoms with Gasteiger partial charge in [-0.05, 0) is 31.0 Å². The number of aromatic nitrogens is 2. The molecule has 23 heavy (non-hydrogen) atoms. The van der Waals surface area contributed by atoms with Crippen LogP contribution in [-0.2, 0) is 19.5 Å². The minimum Gasteiger partial charge on any atom is -0.229 e. The lowest BCUT2D eigenvalue weighted by Gasteiger charge is -2.00. The number of rotatable bonds is 3. The molecule has 0 spiro atoms. The molecular weight excluding hydrogens is 304 g/mol. The molecule has 0 N–H and O–H groups in total. The maximum atomic E-state index is 6.13. The van der Waals surface area contributed by atoms with Crippen LogP contribution in [0.1, 0.15) is 23.4 Å². The third-order valence-corrected chi connectivity index (χ3v) is 4.82. The Labute approximate surface area is 142 Å². The van der Waals surface area contributed by atoms with E-state index in [1.807, 2.05) is 12.1 Å². The van der Waals surface area contributed by atoms with Crippen LogP contribution >= 0.6 is 11.6 Å². The van der Waals surface area contributed by atoms with Crippen LogP contribution in [0.5, 0.6) is 0 Å². The first-order valence-electron chi connectivity index (χ1n) is 8.14. The van der Waals surface area contributed by atoms with E-state index in [-0.39, 0.29) is 0 Å². The van der Waals surface area contributed by atoms with Crippen LogP contribution in [0.2, 0.25) is 5.02 Å². The zero-order valence-corrected chi connectivity index (χ0v) is 14.1. The Kier molecular flexibility index (Phi) is 3.70. The van der Waals surface area contributed by atoms with Crippen molar-refractivity contribution in [2.75, 3.05) is 0 Å². The first kappa shape index (κ1) is 14.5. The minimum atomic E-state index is 0.803. The van der Waals surface area contributed by atoms with Crippen molar-refractivity contribution < 1.29 is 4.57 Å². The second kappa shape index (κ2) is 5.86. The minimum absolute atomic E-state index is 0.803. The van der Waals surface area contributed by atoms with Crippen molar-refractivity contribution in [2.24, 2.45) is 0 Å². The van der Waals surface area contributed by atoms with Crippen LogP contribution < -0.4 is 4.57 Å². The van der Waals surface area contributed by atoms with Crippen LogP contribution in [0, 0.1) is 6.92 Å². The first-order chi connectivity index (χ1) is 11.2. The predicted octanol–water partition coefficient (Wildman–Crippen LogP) is 4.40. The van der Waals surface area contributed by atoms with Gasteiger partial charge in [-0.2, -0.15) is 0 Å². The average Bonchev–Trinajstić information content (AvgIpc) is 3.12. The summed E-state index contributed by atoms with van der Waals surface area (Å²) in [5.41, 5.74) is 5.16. The zero-order chi connectivity index (χ0) is 15.8. The van der Waals surface area contributed by atoms with Crippen molar-refractivity contribution in [3.05, 3.63) is 76.7 Å². The highest BCUT2D eigenvalue weighted by molar-refractivity contribution is 6.30. The smallest absolute Gasteiger partial charge is 0.229 e. The Hall–Kier alpha value is -2.06. The van der Waals surface area contributed by atoms with Crippen LogP contribution in [0.25, 0.3) is 11.3 Å². The van der Waals surface area contributed by atoms with E-state index in [2.05, 4.69) is 58.7 Å².